The average molecular weight is 502 g/mol. The minimum Gasteiger partial charge on any atom is -0.502 e. The average Bonchev–Trinajstić information content (AvgIpc) is 2.76. The van der Waals surface area contributed by atoms with Gasteiger partial charge in [0, 0.05) is 19.2 Å². The van der Waals surface area contributed by atoms with E-state index in [-0.39, 0.29) is 35.9 Å². The van der Waals surface area contributed by atoms with Gasteiger partial charge in [-0.25, -0.2) is 4.39 Å². The second-order valence-corrected chi connectivity index (χ2v) is 7.59. The molecule has 0 saturated heterocycles. The number of benzene rings is 2. The van der Waals surface area contributed by atoms with Crippen molar-refractivity contribution in [3.05, 3.63) is 87.0 Å². The summed E-state index contributed by atoms with van der Waals surface area (Å²) in [5, 5.41) is 12.5. The summed E-state index contributed by atoms with van der Waals surface area (Å²) in [4.78, 5) is 25.0. The van der Waals surface area contributed by atoms with Crippen molar-refractivity contribution >= 4 is 5.91 Å². The predicted molar refractivity (Wildman–Crippen MR) is 111 cm³/mol. The molecule has 0 unspecified atom stereocenters. The van der Waals surface area contributed by atoms with Crippen LogP contribution in [0.15, 0.2) is 53.3 Å². The summed E-state index contributed by atoms with van der Waals surface area (Å²) in [6, 6.07) is 6.92. The fourth-order valence-corrected chi connectivity index (χ4v) is 3.36. The molecular formula is C23H17F7N2O3. The van der Waals surface area contributed by atoms with Crippen LogP contribution in [0, 0.1) is 5.82 Å². The second-order valence-electron chi connectivity index (χ2n) is 7.59. The van der Waals surface area contributed by atoms with Crippen LogP contribution in [0.1, 0.15) is 27.0 Å². The summed E-state index contributed by atoms with van der Waals surface area (Å²) in [5.41, 5.74) is -4.29. The standard InChI is InChI=1S/C23H17F7N2O3/c1-32-18(13-8-15(23(28,29)30)10-16(24)9-13)11-17(19(33)21(32)35)20(34)31-6-5-12-3-2-4-14(7-12)22(25,26)27/h2-4,7-11,33H,5-6H2,1H3,(H,31,34). The summed E-state index contributed by atoms with van der Waals surface area (Å²) < 4.78 is 92.4. The number of pyridine rings is 1. The van der Waals surface area contributed by atoms with Crippen molar-refractivity contribution in [2.24, 2.45) is 7.05 Å². The molecule has 0 saturated carbocycles. The maximum Gasteiger partial charge on any atom is 0.416 e. The van der Waals surface area contributed by atoms with Gasteiger partial charge in [0.15, 0.2) is 5.75 Å². The quantitative estimate of drug-likeness (QED) is 0.488. The van der Waals surface area contributed by atoms with E-state index in [1.54, 1.807) is 0 Å². The summed E-state index contributed by atoms with van der Waals surface area (Å²) >= 11 is 0. The van der Waals surface area contributed by atoms with Crippen molar-refractivity contribution in [2.75, 3.05) is 6.54 Å². The van der Waals surface area contributed by atoms with Gasteiger partial charge >= 0.3 is 12.4 Å². The monoisotopic (exact) mass is 502 g/mol. The molecule has 2 N–H and O–H groups in total. The van der Waals surface area contributed by atoms with E-state index in [1.807, 2.05) is 0 Å². The SMILES string of the molecule is Cn1c(-c2cc(F)cc(C(F)(F)F)c2)cc(C(=O)NCCc2cccc(C(F)(F)F)c2)c(O)c1=O. The number of nitrogens with zero attached hydrogens (tertiary/aromatic N) is 1. The third-order valence-corrected chi connectivity index (χ3v) is 5.12. The molecule has 0 fully saturated rings. The fraction of sp³-hybridized carbons (Fsp3) is 0.217. The van der Waals surface area contributed by atoms with E-state index in [0.29, 0.717) is 6.07 Å². The number of hydrogen-bond acceptors (Lipinski definition) is 3. The summed E-state index contributed by atoms with van der Waals surface area (Å²) in [7, 11) is 1.12. The molecule has 2 aromatic carbocycles. The van der Waals surface area contributed by atoms with Crippen LogP contribution in [0.2, 0.25) is 0 Å². The largest absolute Gasteiger partial charge is 0.502 e. The number of rotatable bonds is 5. The van der Waals surface area contributed by atoms with Gasteiger partial charge in [-0.15, -0.1) is 0 Å². The molecule has 35 heavy (non-hydrogen) atoms. The number of aromatic hydroxyl groups is 1. The van der Waals surface area contributed by atoms with Gasteiger partial charge in [0.05, 0.1) is 22.4 Å². The van der Waals surface area contributed by atoms with Crippen molar-refractivity contribution in [1.29, 1.82) is 0 Å². The number of halogens is 7. The maximum absolute atomic E-state index is 13.9. The normalized spacial score (nSPS) is 12.0. The van der Waals surface area contributed by atoms with E-state index in [2.05, 4.69) is 5.32 Å². The number of carbonyl (C=O) groups is 1. The maximum atomic E-state index is 13.9. The molecule has 0 radical (unpaired) electrons. The van der Waals surface area contributed by atoms with Gasteiger partial charge in [-0.05, 0) is 42.3 Å². The minimum atomic E-state index is -4.88. The molecule has 0 spiro atoms. The zero-order valence-electron chi connectivity index (χ0n) is 17.9. The molecule has 1 heterocycles. The summed E-state index contributed by atoms with van der Waals surface area (Å²) in [6.07, 6.45) is -9.45. The van der Waals surface area contributed by atoms with E-state index in [1.165, 1.54) is 12.1 Å². The van der Waals surface area contributed by atoms with Crippen molar-refractivity contribution in [1.82, 2.24) is 9.88 Å². The van der Waals surface area contributed by atoms with Crippen LogP contribution in [-0.4, -0.2) is 22.1 Å². The highest BCUT2D eigenvalue weighted by Gasteiger charge is 2.32. The summed E-state index contributed by atoms with van der Waals surface area (Å²) in [6.45, 7) is -0.178. The van der Waals surface area contributed by atoms with Crippen LogP contribution in [-0.2, 0) is 25.8 Å². The Morgan fingerprint density at radius 2 is 1.63 bits per heavy atom. The molecule has 3 aromatic rings. The Labute approximate surface area is 193 Å². The highest BCUT2D eigenvalue weighted by atomic mass is 19.4. The van der Waals surface area contributed by atoms with Crippen LogP contribution in [0.25, 0.3) is 11.3 Å². The molecule has 0 aliphatic carbocycles. The first-order valence-corrected chi connectivity index (χ1v) is 9.94. The van der Waals surface area contributed by atoms with E-state index < -0.39 is 52.1 Å². The van der Waals surface area contributed by atoms with E-state index >= 15 is 0 Å². The van der Waals surface area contributed by atoms with E-state index in [9.17, 15) is 45.4 Å². The third kappa shape index (κ3) is 5.81. The number of carbonyl (C=O) groups excluding carboxylic acids is 1. The molecule has 186 valence electrons. The summed E-state index contributed by atoms with van der Waals surface area (Å²) in [5.74, 6) is -3.23. The van der Waals surface area contributed by atoms with Crippen LogP contribution in [0.5, 0.6) is 5.75 Å². The van der Waals surface area contributed by atoms with Gasteiger partial charge < -0.3 is 15.0 Å². The third-order valence-electron chi connectivity index (χ3n) is 5.12. The number of nitrogens with one attached hydrogen (secondary N) is 1. The Balaban J connectivity index is 1.88. The lowest BCUT2D eigenvalue weighted by Crippen LogP contribution is -2.29. The molecular weight excluding hydrogens is 485 g/mol. The van der Waals surface area contributed by atoms with Crippen LogP contribution >= 0.6 is 0 Å². The lowest BCUT2D eigenvalue weighted by Gasteiger charge is -2.15. The lowest BCUT2D eigenvalue weighted by atomic mass is 10.0. The van der Waals surface area contributed by atoms with Gasteiger partial charge in [-0.2, -0.15) is 26.3 Å². The Bertz CT molecular complexity index is 1330. The molecule has 3 rings (SSSR count). The predicted octanol–water partition coefficient (Wildman–Crippen LogP) is 4.91. The van der Waals surface area contributed by atoms with Gasteiger partial charge in [0.1, 0.15) is 5.82 Å². The Morgan fingerprint density at radius 1 is 0.971 bits per heavy atom. The molecule has 1 amide bonds. The van der Waals surface area contributed by atoms with Crippen molar-refractivity contribution in [3.8, 4) is 17.0 Å². The zero-order valence-corrected chi connectivity index (χ0v) is 17.9. The van der Waals surface area contributed by atoms with Crippen molar-refractivity contribution < 1.29 is 40.6 Å². The Morgan fingerprint density at radius 3 is 2.26 bits per heavy atom. The number of alkyl halides is 6. The minimum absolute atomic E-state index is 0.0209. The highest BCUT2D eigenvalue weighted by molar-refractivity contribution is 5.97. The van der Waals surface area contributed by atoms with Crippen LogP contribution in [0.4, 0.5) is 30.7 Å². The number of hydrogen-bond donors (Lipinski definition) is 2. The Hall–Kier alpha value is -3.83. The molecule has 1 aromatic heterocycles. The lowest BCUT2D eigenvalue weighted by molar-refractivity contribution is -0.138. The van der Waals surface area contributed by atoms with Gasteiger partial charge in [-0.1, -0.05) is 18.2 Å². The smallest absolute Gasteiger partial charge is 0.416 e. The highest BCUT2D eigenvalue weighted by Crippen LogP contribution is 2.33. The first-order valence-electron chi connectivity index (χ1n) is 9.94. The van der Waals surface area contributed by atoms with Gasteiger partial charge in [-0.3, -0.25) is 9.59 Å². The topological polar surface area (TPSA) is 71.3 Å². The zero-order chi connectivity index (χ0) is 26.1. The molecule has 0 bridgehead atoms. The molecule has 5 nitrogen and oxygen atoms in total. The van der Waals surface area contributed by atoms with Crippen LogP contribution in [0.3, 0.4) is 0 Å². The number of amides is 1. The number of aromatic nitrogens is 1. The fourth-order valence-electron chi connectivity index (χ4n) is 3.36. The van der Waals surface area contributed by atoms with E-state index in [0.717, 1.165) is 35.9 Å². The van der Waals surface area contributed by atoms with Crippen LogP contribution < -0.4 is 10.9 Å². The molecule has 0 aliphatic heterocycles. The van der Waals surface area contributed by atoms with Gasteiger partial charge in [0.25, 0.3) is 11.5 Å². The van der Waals surface area contributed by atoms with Crippen molar-refractivity contribution in [3.63, 3.8) is 0 Å². The first-order chi connectivity index (χ1) is 16.2. The molecule has 0 aliphatic rings. The molecule has 0 atom stereocenters. The Kier molecular flexibility index (Phi) is 6.95. The molecule has 12 heteroatoms. The van der Waals surface area contributed by atoms with Gasteiger partial charge in [0.2, 0.25) is 0 Å². The second kappa shape index (κ2) is 9.43. The van der Waals surface area contributed by atoms with E-state index in [4.69, 9.17) is 0 Å². The van der Waals surface area contributed by atoms with Crippen molar-refractivity contribution in [2.45, 2.75) is 18.8 Å². The first kappa shape index (κ1) is 25.8.